The zero-order valence-corrected chi connectivity index (χ0v) is 12.2. The van der Waals surface area contributed by atoms with Crippen molar-refractivity contribution in [2.24, 2.45) is 0 Å². The van der Waals surface area contributed by atoms with Gasteiger partial charge in [-0.2, -0.15) is 0 Å². The Hall–Kier alpha value is -0.730. The van der Waals surface area contributed by atoms with Crippen LogP contribution in [0, 0.1) is 6.92 Å². The van der Waals surface area contributed by atoms with E-state index in [-0.39, 0.29) is 0 Å². The van der Waals surface area contributed by atoms with Crippen molar-refractivity contribution < 1.29 is 4.74 Å². The van der Waals surface area contributed by atoms with Crippen molar-refractivity contribution in [3.63, 3.8) is 0 Å². The molecule has 1 N–H and O–H groups in total. The molecule has 0 spiro atoms. The largest absolute Gasteiger partial charge is 0.489 e. The van der Waals surface area contributed by atoms with Crippen LogP contribution in [0.15, 0.2) is 12.1 Å². The number of rotatable bonds is 3. The van der Waals surface area contributed by atoms with Crippen molar-refractivity contribution in [1.29, 1.82) is 0 Å². The van der Waals surface area contributed by atoms with Crippen LogP contribution in [0.5, 0.6) is 5.75 Å². The maximum absolute atomic E-state index is 6.27. The first-order valence-corrected chi connectivity index (χ1v) is 7.13. The molecule has 0 amide bonds. The van der Waals surface area contributed by atoms with Gasteiger partial charge < -0.3 is 10.1 Å². The lowest BCUT2D eigenvalue weighted by Gasteiger charge is -2.25. The van der Waals surface area contributed by atoms with Crippen LogP contribution in [0.25, 0.3) is 0 Å². The summed E-state index contributed by atoms with van der Waals surface area (Å²) in [7, 11) is 0. The van der Waals surface area contributed by atoms with Gasteiger partial charge in [0, 0.05) is 11.6 Å². The zero-order valence-electron chi connectivity index (χ0n) is 11.4. The standard InChI is InChI=1S/C15H22ClNO/c1-10(2)13-8-15(11(3)7-14(13)16)18-12-5-4-6-17-9-12/h7-8,10,12,17H,4-6,9H2,1-3H3. The molecule has 0 bridgehead atoms. The molecule has 1 fully saturated rings. The maximum Gasteiger partial charge on any atom is 0.123 e. The molecule has 2 nitrogen and oxygen atoms in total. The van der Waals surface area contributed by atoms with E-state index in [1.807, 2.05) is 6.07 Å². The molecule has 18 heavy (non-hydrogen) atoms. The Morgan fingerprint density at radius 1 is 1.39 bits per heavy atom. The Balaban J connectivity index is 2.18. The quantitative estimate of drug-likeness (QED) is 0.897. The molecule has 0 saturated carbocycles. The van der Waals surface area contributed by atoms with Crippen molar-refractivity contribution in [2.45, 2.75) is 45.6 Å². The molecule has 1 aliphatic rings. The molecule has 1 aliphatic heterocycles. The highest BCUT2D eigenvalue weighted by atomic mass is 35.5. The van der Waals surface area contributed by atoms with Gasteiger partial charge >= 0.3 is 0 Å². The Morgan fingerprint density at radius 2 is 2.17 bits per heavy atom. The SMILES string of the molecule is Cc1cc(Cl)c(C(C)C)cc1OC1CCCNC1. The molecule has 1 saturated heterocycles. The molecule has 0 aliphatic carbocycles. The van der Waals surface area contributed by atoms with Gasteiger partial charge in [0.2, 0.25) is 0 Å². The summed E-state index contributed by atoms with van der Waals surface area (Å²) < 4.78 is 6.11. The summed E-state index contributed by atoms with van der Waals surface area (Å²) >= 11 is 6.27. The smallest absolute Gasteiger partial charge is 0.123 e. The first-order chi connectivity index (χ1) is 8.58. The van der Waals surface area contributed by atoms with E-state index >= 15 is 0 Å². The molecular formula is C15H22ClNO. The summed E-state index contributed by atoms with van der Waals surface area (Å²) in [6, 6.07) is 4.12. The Morgan fingerprint density at radius 3 is 2.78 bits per heavy atom. The second-order valence-corrected chi connectivity index (χ2v) is 5.79. The minimum Gasteiger partial charge on any atom is -0.489 e. The number of aryl methyl sites for hydroxylation is 1. The number of benzene rings is 1. The van der Waals surface area contributed by atoms with Crippen LogP contribution in [0.3, 0.4) is 0 Å². The molecule has 0 radical (unpaired) electrons. The minimum atomic E-state index is 0.290. The van der Waals surface area contributed by atoms with E-state index in [9.17, 15) is 0 Å². The Bertz CT molecular complexity index is 411. The van der Waals surface area contributed by atoms with Crippen LogP contribution in [0.4, 0.5) is 0 Å². The molecular weight excluding hydrogens is 246 g/mol. The monoisotopic (exact) mass is 267 g/mol. The summed E-state index contributed by atoms with van der Waals surface area (Å²) in [6.07, 6.45) is 2.61. The normalized spacial score (nSPS) is 20.2. The predicted molar refractivity (Wildman–Crippen MR) is 76.8 cm³/mol. The van der Waals surface area contributed by atoms with E-state index in [1.54, 1.807) is 0 Å². The third-order valence-electron chi connectivity index (χ3n) is 3.46. The van der Waals surface area contributed by atoms with Crippen molar-refractivity contribution in [3.8, 4) is 5.75 Å². The highest BCUT2D eigenvalue weighted by Crippen LogP contribution is 2.32. The predicted octanol–water partition coefficient (Wildman–Crippen LogP) is 3.90. The topological polar surface area (TPSA) is 21.3 Å². The third-order valence-corrected chi connectivity index (χ3v) is 3.79. The van der Waals surface area contributed by atoms with Crippen LogP contribution in [-0.4, -0.2) is 19.2 Å². The average Bonchev–Trinajstić information content (AvgIpc) is 2.33. The first-order valence-electron chi connectivity index (χ1n) is 6.75. The fourth-order valence-electron chi connectivity index (χ4n) is 2.34. The van der Waals surface area contributed by atoms with Crippen molar-refractivity contribution in [1.82, 2.24) is 5.32 Å². The fourth-order valence-corrected chi connectivity index (χ4v) is 2.77. The van der Waals surface area contributed by atoms with Crippen LogP contribution in [-0.2, 0) is 0 Å². The van der Waals surface area contributed by atoms with Gasteiger partial charge in [-0.25, -0.2) is 0 Å². The first kappa shape index (κ1) is 13.7. The van der Waals surface area contributed by atoms with Crippen LogP contribution in [0.2, 0.25) is 5.02 Å². The molecule has 2 rings (SSSR count). The molecule has 3 heteroatoms. The van der Waals surface area contributed by atoms with Gasteiger partial charge in [-0.15, -0.1) is 0 Å². The van der Waals surface area contributed by atoms with Gasteiger partial charge in [-0.1, -0.05) is 25.4 Å². The highest BCUT2D eigenvalue weighted by Gasteiger charge is 2.17. The van der Waals surface area contributed by atoms with Crippen molar-refractivity contribution in [2.75, 3.05) is 13.1 Å². The van der Waals surface area contributed by atoms with E-state index in [1.165, 1.54) is 12.0 Å². The van der Waals surface area contributed by atoms with Gasteiger partial charge in [0.1, 0.15) is 11.9 Å². The lowest BCUT2D eigenvalue weighted by Crippen LogP contribution is -2.37. The fraction of sp³-hybridized carbons (Fsp3) is 0.600. The lowest BCUT2D eigenvalue weighted by atomic mass is 10.0. The van der Waals surface area contributed by atoms with Crippen molar-refractivity contribution in [3.05, 3.63) is 28.3 Å². The van der Waals surface area contributed by atoms with E-state index < -0.39 is 0 Å². The molecule has 100 valence electrons. The van der Waals surface area contributed by atoms with Crippen LogP contribution in [0.1, 0.15) is 43.7 Å². The number of piperidine rings is 1. The molecule has 1 heterocycles. The molecule has 1 aromatic carbocycles. The highest BCUT2D eigenvalue weighted by molar-refractivity contribution is 6.31. The second-order valence-electron chi connectivity index (χ2n) is 5.38. The average molecular weight is 268 g/mol. The number of halogens is 1. The number of ether oxygens (including phenoxy) is 1. The summed E-state index contributed by atoms with van der Waals surface area (Å²) in [5, 5.41) is 4.22. The van der Waals surface area contributed by atoms with E-state index in [2.05, 4.69) is 32.2 Å². The summed E-state index contributed by atoms with van der Waals surface area (Å²) in [4.78, 5) is 0. The third kappa shape index (κ3) is 3.18. The van der Waals surface area contributed by atoms with Gasteiger partial charge in [0.05, 0.1) is 0 Å². The number of nitrogens with one attached hydrogen (secondary N) is 1. The van der Waals surface area contributed by atoms with Gasteiger partial charge in [-0.3, -0.25) is 0 Å². The Labute approximate surface area is 115 Å². The van der Waals surface area contributed by atoms with E-state index in [4.69, 9.17) is 16.3 Å². The van der Waals surface area contributed by atoms with E-state index in [0.29, 0.717) is 12.0 Å². The maximum atomic E-state index is 6.27. The zero-order chi connectivity index (χ0) is 13.1. The van der Waals surface area contributed by atoms with Crippen LogP contribution >= 0.6 is 11.6 Å². The number of hydrogen-bond donors (Lipinski definition) is 1. The van der Waals surface area contributed by atoms with Gasteiger partial charge in [-0.05, 0) is 55.5 Å². The Kier molecular flexibility index (Phi) is 4.52. The minimum absolute atomic E-state index is 0.290. The van der Waals surface area contributed by atoms with Crippen molar-refractivity contribution >= 4 is 11.6 Å². The van der Waals surface area contributed by atoms with Gasteiger partial charge in [0.25, 0.3) is 0 Å². The molecule has 0 aromatic heterocycles. The second kappa shape index (κ2) is 5.94. The lowest BCUT2D eigenvalue weighted by molar-refractivity contribution is 0.166. The molecule has 1 unspecified atom stereocenters. The van der Waals surface area contributed by atoms with E-state index in [0.717, 1.165) is 35.8 Å². The number of hydrogen-bond acceptors (Lipinski definition) is 2. The van der Waals surface area contributed by atoms with Gasteiger partial charge in [0.15, 0.2) is 0 Å². The summed E-state index contributed by atoms with van der Waals surface area (Å²) in [5.74, 6) is 1.40. The summed E-state index contributed by atoms with van der Waals surface area (Å²) in [5.41, 5.74) is 2.29. The van der Waals surface area contributed by atoms with Crippen LogP contribution < -0.4 is 10.1 Å². The summed E-state index contributed by atoms with van der Waals surface area (Å²) in [6.45, 7) is 8.42. The molecule has 1 atom stereocenters. The molecule has 1 aromatic rings.